The number of thiophene rings is 1. The van der Waals surface area contributed by atoms with Crippen LogP contribution in [-0.2, 0) is 6.42 Å². The molecule has 0 spiro atoms. The Morgan fingerprint density at radius 3 is 2.28 bits per heavy atom. The molecule has 2 aromatic carbocycles. The fourth-order valence-corrected chi connectivity index (χ4v) is 4.60. The number of carbonyl (C=O) groups is 1. The number of carbonyl (C=O) groups excluding carboxylic acids is 1. The monoisotopic (exact) mass is 387 g/mol. The van der Waals surface area contributed by atoms with Crippen LogP contribution in [0.4, 0.5) is 0 Å². The lowest BCUT2D eigenvalue weighted by Gasteiger charge is -2.36. The molecule has 0 aliphatic carbocycles. The van der Waals surface area contributed by atoms with E-state index < -0.39 is 0 Å². The molecule has 0 bridgehead atoms. The van der Waals surface area contributed by atoms with Gasteiger partial charge in [0.15, 0.2) is 0 Å². The largest absolute Gasteiger partial charge is 0.326 e. The molecule has 1 aliphatic rings. The summed E-state index contributed by atoms with van der Waals surface area (Å²) >= 11 is 13.7. The van der Waals surface area contributed by atoms with Gasteiger partial charge in [-0.1, -0.05) is 35.3 Å². The number of halogens is 2. The van der Waals surface area contributed by atoms with Crippen molar-refractivity contribution in [1.29, 1.82) is 0 Å². The summed E-state index contributed by atoms with van der Waals surface area (Å²) in [6.07, 6.45) is 0.877. The van der Waals surface area contributed by atoms with Gasteiger partial charge >= 0.3 is 0 Å². The highest BCUT2D eigenvalue weighted by atomic mass is 35.5. The SMILES string of the molecule is O=C(c1ccc(Cl)cc1)N1CCc2ccsc2C1c1ccc(Cl)cc1. The fraction of sp³-hybridized carbons (Fsp3) is 0.150. The van der Waals surface area contributed by atoms with E-state index in [4.69, 9.17) is 23.2 Å². The topological polar surface area (TPSA) is 20.3 Å². The molecule has 25 heavy (non-hydrogen) atoms. The first kappa shape index (κ1) is 16.6. The first-order chi connectivity index (χ1) is 12.1. The molecule has 5 heteroatoms. The van der Waals surface area contributed by atoms with E-state index in [0.717, 1.165) is 12.0 Å². The summed E-state index contributed by atoms with van der Waals surface area (Å²) in [5.74, 6) is 0.0238. The van der Waals surface area contributed by atoms with Crippen molar-refractivity contribution in [3.05, 3.63) is 91.6 Å². The molecule has 1 atom stereocenters. The van der Waals surface area contributed by atoms with Crippen LogP contribution in [0.15, 0.2) is 60.0 Å². The maximum atomic E-state index is 13.2. The van der Waals surface area contributed by atoms with Gasteiger partial charge in [-0.25, -0.2) is 0 Å². The lowest BCUT2D eigenvalue weighted by Crippen LogP contribution is -2.39. The van der Waals surface area contributed by atoms with Gasteiger partial charge in [-0.05, 0) is 65.4 Å². The third-order valence-electron chi connectivity index (χ3n) is 4.50. The van der Waals surface area contributed by atoms with Crippen molar-refractivity contribution in [3.8, 4) is 0 Å². The van der Waals surface area contributed by atoms with Crippen molar-refractivity contribution >= 4 is 40.4 Å². The second kappa shape index (κ2) is 6.83. The van der Waals surface area contributed by atoms with Gasteiger partial charge in [0.2, 0.25) is 0 Å². The number of nitrogens with zero attached hydrogens (tertiary/aromatic N) is 1. The molecule has 0 saturated carbocycles. The van der Waals surface area contributed by atoms with Crippen LogP contribution < -0.4 is 0 Å². The fourth-order valence-electron chi connectivity index (χ4n) is 3.26. The molecule has 2 nitrogen and oxygen atoms in total. The van der Waals surface area contributed by atoms with Crippen LogP contribution >= 0.6 is 34.5 Å². The molecular formula is C20H15Cl2NOS. The molecule has 4 rings (SSSR count). The second-order valence-electron chi connectivity index (χ2n) is 6.02. The van der Waals surface area contributed by atoms with Crippen molar-refractivity contribution in [2.75, 3.05) is 6.54 Å². The van der Waals surface area contributed by atoms with Gasteiger partial charge < -0.3 is 4.90 Å². The lowest BCUT2D eigenvalue weighted by atomic mass is 9.94. The number of fused-ring (bicyclic) bond motifs is 1. The summed E-state index contributed by atoms with van der Waals surface area (Å²) in [4.78, 5) is 16.3. The molecule has 1 unspecified atom stereocenters. The van der Waals surface area contributed by atoms with Crippen molar-refractivity contribution < 1.29 is 4.79 Å². The molecule has 1 amide bonds. The maximum Gasteiger partial charge on any atom is 0.254 e. The van der Waals surface area contributed by atoms with Crippen LogP contribution in [0.5, 0.6) is 0 Å². The molecular weight excluding hydrogens is 373 g/mol. The molecule has 0 saturated heterocycles. The van der Waals surface area contributed by atoms with Gasteiger partial charge in [0.25, 0.3) is 5.91 Å². The van der Waals surface area contributed by atoms with Gasteiger partial charge in [0, 0.05) is 27.0 Å². The molecule has 126 valence electrons. The molecule has 2 heterocycles. The predicted molar refractivity (Wildman–Crippen MR) is 104 cm³/mol. The zero-order valence-corrected chi connectivity index (χ0v) is 15.6. The maximum absolute atomic E-state index is 13.2. The molecule has 0 fully saturated rings. The lowest BCUT2D eigenvalue weighted by molar-refractivity contribution is 0.0698. The van der Waals surface area contributed by atoms with E-state index >= 15 is 0 Å². The minimum atomic E-state index is -0.0794. The number of amides is 1. The summed E-state index contributed by atoms with van der Waals surface area (Å²) in [7, 11) is 0. The Hall–Kier alpha value is -1.81. The van der Waals surface area contributed by atoms with Gasteiger partial charge in [-0.3, -0.25) is 4.79 Å². The summed E-state index contributed by atoms with van der Waals surface area (Å²) in [6, 6.07) is 16.9. The Labute approximate surface area is 160 Å². The van der Waals surface area contributed by atoms with E-state index in [0.29, 0.717) is 22.2 Å². The summed E-state index contributed by atoms with van der Waals surface area (Å²) in [5.41, 5.74) is 3.06. The highest BCUT2D eigenvalue weighted by Crippen LogP contribution is 2.39. The molecule has 0 radical (unpaired) electrons. The van der Waals surface area contributed by atoms with E-state index in [-0.39, 0.29) is 11.9 Å². The predicted octanol–water partition coefficient (Wildman–Crippen LogP) is 5.84. The van der Waals surface area contributed by atoms with Crippen LogP contribution in [0.3, 0.4) is 0 Å². The van der Waals surface area contributed by atoms with E-state index in [1.807, 2.05) is 29.2 Å². The average Bonchev–Trinajstić information content (AvgIpc) is 3.10. The van der Waals surface area contributed by atoms with Gasteiger partial charge in [-0.15, -0.1) is 11.3 Å². The third kappa shape index (κ3) is 3.20. The summed E-state index contributed by atoms with van der Waals surface area (Å²) in [5, 5.41) is 3.43. The van der Waals surface area contributed by atoms with Crippen LogP contribution in [0.25, 0.3) is 0 Å². The standard InChI is InChI=1S/C20H15Cl2NOS/c21-16-5-1-13(2-6-16)18-19-14(10-12-25-19)9-11-23(18)20(24)15-3-7-17(22)8-4-15/h1-8,10,12,18H,9,11H2. The first-order valence-electron chi connectivity index (χ1n) is 8.02. The molecule has 1 aliphatic heterocycles. The normalized spacial score (nSPS) is 16.6. The summed E-state index contributed by atoms with van der Waals surface area (Å²) < 4.78 is 0. The number of hydrogen-bond acceptors (Lipinski definition) is 2. The van der Waals surface area contributed by atoms with Crippen molar-refractivity contribution in [2.45, 2.75) is 12.5 Å². The zero-order valence-electron chi connectivity index (χ0n) is 13.3. The van der Waals surface area contributed by atoms with Crippen LogP contribution in [0.1, 0.15) is 32.4 Å². The second-order valence-corrected chi connectivity index (χ2v) is 7.84. The van der Waals surface area contributed by atoms with Crippen LogP contribution in [-0.4, -0.2) is 17.4 Å². The minimum absolute atomic E-state index is 0.0238. The van der Waals surface area contributed by atoms with Crippen molar-refractivity contribution in [1.82, 2.24) is 4.90 Å². The quantitative estimate of drug-likeness (QED) is 0.540. The molecule has 1 aromatic heterocycles. The smallest absolute Gasteiger partial charge is 0.254 e. The van der Waals surface area contributed by atoms with E-state index in [2.05, 4.69) is 11.4 Å². The average molecular weight is 388 g/mol. The summed E-state index contributed by atoms with van der Waals surface area (Å²) in [6.45, 7) is 0.693. The van der Waals surface area contributed by atoms with Gasteiger partial charge in [0.05, 0.1) is 6.04 Å². The Morgan fingerprint density at radius 1 is 0.960 bits per heavy atom. The van der Waals surface area contributed by atoms with Crippen molar-refractivity contribution in [3.63, 3.8) is 0 Å². The minimum Gasteiger partial charge on any atom is -0.326 e. The van der Waals surface area contributed by atoms with Gasteiger partial charge in [-0.2, -0.15) is 0 Å². The molecule has 0 N–H and O–H groups in total. The van der Waals surface area contributed by atoms with Gasteiger partial charge in [0.1, 0.15) is 0 Å². The highest BCUT2D eigenvalue weighted by Gasteiger charge is 2.33. The van der Waals surface area contributed by atoms with E-state index in [1.54, 1.807) is 35.6 Å². The number of benzene rings is 2. The first-order valence-corrected chi connectivity index (χ1v) is 9.65. The Bertz CT molecular complexity index is 902. The molecule has 3 aromatic rings. The highest BCUT2D eigenvalue weighted by molar-refractivity contribution is 7.10. The third-order valence-corrected chi connectivity index (χ3v) is 6.02. The van der Waals surface area contributed by atoms with Crippen molar-refractivity contribution in [2.24, 2.45) is 0 Å². The zero-order chi connectivity index (χ0) is 17.4. The van der Waals surface area contributed by atoms with Crippen LogP contribution in [0, 0.1) is 0 Å². The Morgan fingerprint density at radius 2 is 1.60 bits per heavy atom. The van der Waals surface area contributed by atoms with E-state index in [9.17, 15) is 4.79 Å². The number of rotatable bonds is 2. The van der Waals surface area contributed by atoms with Crippen LogP contribution in [0.2, 0.25) is 10.0 Å². The van der Waals surface area contributed by atoms with E-state index in [1.165, 1.54) is 10.4 Å². The Kier molecular flexibility index (Phi) is 4.55. The Balaban J connectivity index is 1.76. The number of hydrogen-bond donors (Lipinski definition) is 0.